The molecule has 256 valence electrons. The normalized spacial score (nSPS) is 14.4. The molecule has 1 saturated heterocycles. The number of benzene rings is 3. The van der Waals surface area contributed by atoms with Crippen molar-refractivity contribution in [2.45, 2.75) is 25.7 Å². The number of furan rings is 1. The van der Waals surface area contributed by atoms with Crippen molar-refractivity contribution < 1.29 is 18.8 Å². The lowest BCUT2D eigenvalue weighted by atomic mass is 9.90. The number of nitrogens with zero attached hydrogens (tertiary/aromatic N) is 4. The SMILES string of the molecule is Cc1c(-c2ccc(C(=O)NCC#Cc3ccc4occ(C5CCC(=O)NC5=O)c4c3)nc2)ncc2c(-c3ccc4c(c3)n(C)c(=O)n4C)cccc12. The second kappa shape index (κ2) is 12.8. The van der Waals surface area contributed by atoms with Crippen molar-refractivity contribution >= 4 is 50.5 Å². The number of fused-ring (bicyclic) bond motifs is 3. The molecule has 0 saturated carbocycles. The molecular weight excluding hydrogens is 656 g/mol. The molecule has 1 fully saturated rings. The number of hydrogen-bond acceptors (Lipinski definition) is 7. The van der Waals surface area contributed by atoms with E-state index in [0.717, 1.165) is 60.7 Å². The summed E-state index contributed by atoms with van der Waals surface area (Å²) in [5, 5.41) is 8.00. The Kier molecular flexibility index (Phi) is 7.99. The molecule has 7 aromatic rings. The van der Waals surface area contributed by atoms with Gasteiger partial charge >= 0.3 is 5.69 Å². The van der Waals surface area contributed by atoms with Crippen molar-refractivity contribution in [3.05, 3.63) is 118 Å². The van der Waals surface area contributed by atoms with E-state index in [1.54, 1.807) is 47.8 Å². The highest BCUT2D eigenvalue weighted by molar-refractivity contribution is 6.03. The van der Waals surface area contributed by atoms with Gasteiger partial charge in [-0.2, -0.15) is 0 Å². The quantitative estimate of drug-likeness (QED) is 0.180. The predicted molar refractivity (Wildman–Crippen MR) is 197 cm³/mol. The second-order valence-electron chi connectivity index (χ2n) is 12.9. The van der Waals surface area contributed by atoms with Gasteiger partial charge in [0, 0.05) is 60.4 Å². The van der Waals surface area contributed by atoms with Gasteiger partial charge in [-0.05, 0) is 77.9 Å². The number of nitrogens with one attached hydrogen (secondary N) is 2. The van der Waals surface area contributed by atoms with Crippen molar-refractivity contribution in [1.82, 2.24) is 29.7 Å². The molecule has 0 radical (unpaired) electrons. The van der Waals surface area contributed by atoms with Gasteiger partial charge in [0.25, 0.3) is 5.91 Å². The van der Waals surface area contributed by atoms with Crippen LogP contribution in [0.25, 0.3) is 55.2 Å². The Morgan fingerprint density at radius 1 is 0.923 bits per heavy atom. The average Bonchev–Trinajstić information content (AvgIpc) is 3.67. The molecule has 1 unspecified atom stereocenters. The fraction of sp³-hybridized carbons (Fsp3) is 0.171. The third kappa shape index (κ3) is 5.60. The van der Waals surface area contributed by atoms with Crippen LogP contribution in [0.15, 0.2) is 94.6 Å². The Hall–Kier alpha value is -6.80. The van der Waals surface area contributed by atoms with Crippen LogP contribution in [0.3, 0.4) is 0 Å². The number of carbonyl (C=O) groups excluding carboxylic acids is 3. The van der Waals surface area contributed by atoms with Gasteiger partial charge in [-0.3, -0.25) is 38.8 Å². The Morgan fingerprint density at radius 2 is 1.75 bits per heavy atom. The van der Waals surface area contributed by atoms with Gasteiger partial charge in [-0.25, -0.2) is 4.79 Å². The fourth-order valence-corrected chi connectivity index (χ4v) is 7.02. The molecule has 8 rings (SSSR count). The molecule has 52 heavy (non-hydrogen) atoms. The lowest BCUT2D eigenvalue weighted by Crippen LogP contribution is -2.39. The van der Waals surface area contributed by atoms with Crippen LogP contribution in [-0.4, -0.2) is 43.4 Å². The standard InChI is InChI=1S/C41H32N6O5/c1-23-27-7-4-8-28(25-11-14-34-35(19-25)47(3)41(51)46(34)2)31(27)21-44-38(23)26-10-13-33(43-20-26)40(50)42-17-5-6-24-9-15-36-30(18-24)32(22-52-36)29-12-16-37(48)45-39(29)49/h4,7-11,13-15,18-22,29H,12,16-17H2,1-3H3,(H,42,50)(H,45,48,49). The zero-order valence-corrected chi connectivity index (χ0v) is 28.6. The van der Waals surface area contributed by atoms with Crippen molar-refractivity contribution in [1.29, 1.82) is 0 Å². The molecule has 1 atom stereocenters. The van der Waals surface area contributed by atoms with Crippen molar-refractivity contribution in [2.24, 2.45) is 14.1 Å². The molecule has 11 nitrogen and oxygen atoms in total. The summed E-state index contributed by atoms with van der Waals surface area (Å²) < 4.78 is 8.95. The smallest absolute Gasteiger partial charge is 0.328 e. The van der Waals surface area contributed by atoms with Crippen molar-refractivity contribution in [3.63, 3.8) is 0 Å². The van der Waals surface area contributed by atoms with Crippen LogP contribution in [0.5, 0.6) is 0 Å². The minimum Gasteiger partial charge on any atom is -0.464 e. The van der Waals surface area contributed by atoms with Gasteiger partial charge in [0.2, 0.25) is 11.8 Å². The maximum atomic E-state index is 12.9. The third-order valence-electron chi connectivity index (χ3n) is 9.83. The predicted octanol–water partition coefficient (Wildman–Crippen LogP) is 5.51. The topological polar surface area (TPSA) is 141 Å². The Labute approximate surface area is 297 Å². The highest BCUT2D eigenvalue weighted by Crippen LogP contribution is 2.35. The lowest BCUT2D eigenvalue weighted by molar-refractivity contribution is -0.134. The fourth-order valence-electron chi connectivity index (χ4n) is 7.02. The summed E-state index contributed by atoms with van der Waals surface area (Å²) in [6, 6.07) is 21.1. The van der Waals surface area contributed by atoms with Gasteiger partial charge in [0.05, 0.1) is 35.5 Å². The van der Waals surface area contributed by atoms with E-state index in [2.05, 4.69) is 39.6 Å². The Morgan fingerprint density at radius 3 is 2.56 bits per heavy atom. The van der Waals surface area contributed by atoms with Crippen LogP contribution in [0.2, 0.25) is 0 Å². The summed E-state index contributed by atoms with van der Waals surface area (Å²) in [7, 11) is 3.55. The third-order valence-corrected chi connectivity index (χ3v) is 9.83. The van der Waals surface area contributed by atoms with E-state index >= 15 is 0 Å². The molecule has 3 amide bonds. The molecule has 5 heterocycles. The van der Waals surface area contributed by atoms with Gasteiger partial charge in [-0.1, -0.05) is 36.1 Å². The van der Waals surface area contributed by atoms with Crippen LogP contribution in [0.1, 0.15) is 45.9 Å². The molecule has 4 aromatic heterocycles. The number of imide groups is 1. The van der Waals surface area contributed by atoms with Gasteiger partial charge < -0.3 is 9.73 Å². The van der Waals surface area contributed by atoms with Gasteiger partial charge in [-0.15, -0.1) is 0 Å². The monoisotopic (exact) mass is 688 g/mol. The number of pyridine rings is 2. The minimum absolute atomic E-state index is 0.0672. The molecule has 3 aromatic carbocycles. The number of carbonyl (C=O) groups is 3. The number of piperidine rings is 1. The maximum Gasteiger partial charge on any atom is 0.328 e. The summed E-state index contributed by atoms with van der Waals surface area (Å²) >= 11 is 0. The first-order chi connectivity index (χ1) is 25.2. The van der Waals surface area contributed by atoms with Crippen LogP contribution in [0, 0.1) is 18.8 Å². The van der Waals surface area contributed by atoms with Crippen molar-refractivity contribution in [2.75, 3.05) is 6.54 Å². The lowest BCUT2D eigenvalue weighted by Gasteiger charge is -2.19. The number of aryl methyl sites for hydroxylation is 3. The summed E-state index contributed by atoms with van der Waals surface area (Å²) in [6.45, 7) is 2.13. The summed E-state index contributed by atoms with van der Waals surface area (Å²) in [5.41, 5.74) is 8.53. The molecule has 1 aliphatic rings. The maximum absolute atomic E-state index is 12.9. The Bertz CT molecular complexity index is 2740. The van der Waals surface area contributed by atoms with Crippen LogP contribution in [0.4, 0.5) is 0 Å². The van der Waals surface area contributed by atoms with Gasteiger partial charge in [0.15, 0.2) is 0 Å². The average molecular weight is 689 g/mol. The minimum atomic E-state index is -0.463. The first-order valence-electron chi connectivity index (χ1n) is 16.8. The molecule has 1 aliphatic heterocycles. The van der Waals surface area contributed by atoms with E-state index in [1.807, 2.05) is 55.6 Å². The molecular formula is C41H32N6O5. The number of rotatable bonds is 5. The van der Waals surface area contributed by atoms with E-state index in [4.69, 9.17) is 9.40 Å². The zero-order valence-electron chi connectivity index (χ0n) is 28.6. The van der Waals surface area contributed by atoms with Gasteiger partial charge in [0.1, 0.15) is 11.3 Å². The zero-order chi connectivity index (χ0) is 36.1. The van der Waals surface area contributed by atoms with Crippen LogP contribution >= 0.6 is 0 Å². The molecule has 11 heteroatoms. The number of amides is 3. The first-order valence-corrected chi connectivity index (χ1v) is 16.8. The highest BCUT2D eigenvalue weighted by atomic mass is 16.3. The summed E-state index contributed by atoms with van der Waals surface area (Å²) in [4.78, 5) is 58.6. The van der Waals surface area contributed by atoms with E-state index in [-0.39, 0.29) is 42.1 Å². The number of imidazole rings is 1. The van der Waals surface area contributed by atoms with Crippen LogP contribution < -0.4 is 16.3 Å². The molecule has 0 spiro atoms. The van der Waals surface area contributed by atoms with E-state index in [9.17, 15) is 19.2 Å². The molecule has 0 aliphatic carbocycles. The highest BCUT2D eigenvalue weighted by Gasteiger charge is 2.30. The second-order valence-corrected chi connectivity index (χ2v) is 12.9. The number of aromatic nitrogens is 4. The van der Waals surface area contributed by atoms with Crippen molar-refractivity contribution in [3.8, 4) is 34.2 Å². The van der Waals surface area contributed by atoms with Crippen LogP contribution in [-0.2, 0) is 23.7 Å². The summed E-state index contributed by atoms with van der Waals surface area (Å²) in [6.07, 6.45) is 5.78. The van der Waals surface area contributed by atoms with E-state index in [0.29, 0.717) is 17.6 Å². The Balaban J connectivity index is 0.966. The molecule has 2 N–H and O–H groups in total. The largest absolute Gasteiger partial charge is 0.464 e. The molecule has 0 bridgehead atoms. The number of hydrogen-bond donors (Lipinski definition) is 2. The first kappa shape index (κ1) is 32.4. The summed E-state index contributed by atoms with van der Waals surface area (Å²) in [5.74, 6) is 4.62. The van der Waals surface area contributed by atoms with E-state index in [1.165, 1.54) is 0 Å². The van der Waals surface area contributed by atoms with E-state index < -0.39 is 5.92 Å².